The van der Waals surface area contributed by atoms with E-state index in [4.69, 9.17) is 14.2 Å². The van der Waals surface area contributed by atoms with Gasteiger partial charge < -0.3 is 14.2 Å². The summed E-state index contributed by atoms with van der Waals surface area (Å²) in [7, 11) is 0. The molecule has 1 saturated carbocycles. The number of carbonyl (C=O) groups is 1. The van der Waals surface area contributed by atoms with Crippen LogP contribution in [0.15, 0.2) is 0 Å². The first-order valence-electron chi connectivity index (χ1n) is 5.15. The molecular weight excluding hydrogens is 184 g/mol. The molecule has 4 heteroatoms. The van der Waals surface area contributed by atoms with E-state index < -0.39 is 0 Å². The second-order valence-electron chi connectivity index (χ2n) is 4.50. The smallest absolute Gasteiger partial charge is 0.293 e. The van der Waals surface area contributed by atoms with Crippen molar-refractivity contribution in [2.75, 3.05) is 13.2 Å². The summed E-state index contributed by atoms with van der Waals surface area (Å²) >= 11 is 0. The van der Waals surface area contributed by atoms with E-state index >= 15 is 0 Å². The van der Waals surface area contributed by atoms with Crippen molar-refractivity contribution in [3.05, 3.63) is 0 Å². The molecule has 0 aromatic rings. The standard InChI is InChI=1S/C10H14O4/c1-5-6-2-12-10-8(5)7(3-13-10)9(6)14-4-11/h4-10H,2-3H2,1H3/t5?,6-,7?,8?,9?,10?/m0/s1. The summed E-state index contributed by atoms with van der Waals surface area (Å²) in [6.45, 7) is 4.11. The maximum Gasteiger partial charge on any atom is 0.293 e. The molecule has 0 aromatic carbocycles. The number of fused-ring (bicyclic) bond motifs is 1. The Bertz CT molecular complexity index is 255. The van der Waals surface area contributed by atoms with Crippen molar-refractivity contribution in [2.24, 2.45) is 23.7 Å². The van der Waals surface area contributed by atoms with Gasteiger partial charge in [0.1, 0.15) is 6.10 Å². The summed E-state index contributed by atoms with van der Waals surface area (Å²) in [6.07, 6.45) is -0.0356. The van der Waals surface area contributed by atoms with Crippen LogP contribution in [-0.2, 0) is 19.0 Å². The maximum atomic E-state index is 10.4. The zero-order chi connectivity index (χ0) is 9.71. The van der Waals surface area contributed by atoms with E-state index in [1.54, 1.807) is 0 Å². The first-order chi connectivity index (χ1) is 6.83. The van der Waals surface area contributed by atoms with Crippen molar-refractivity contribution in [3.63, 3.8) is 0 Å². The van der Waals surface area contributed by atoms with E-state index in [-0.39, 0.29) is 12.4 Å². The lowest BCUT2D eigenvalue weighted by Gasteiger charge is -2.32. The van der Waals surface area contributed by atoms with Crippen LogP contribution in [0.3, 0.4) is 0 Å². The molecule has 0 N–H and O–H groups in total. The van der Waals surface area contributed by atoms with Crippen LogP contribution in [0.4, 0.5) is 0 Å². The van der Waals surface area contributed by atoms with Crippen LogP contribution in [0.2, 0.25) is 0 Å². The van der Waals surface area contributed by atoms with Crippen molar-refractivity contribution in [1.29, 1.82) is 0 Å². The molecule has 0 spiro atoms. The fourth-order valence-electron chi connectivity index (χ4n) is 3.36. The van der Waals surface area contributed by atoms with Crippen LogP contribution >= 0.6 is 0 Å². The Morgan fingerprint density at radius 1 is 1.29 bits per heavy atom. The Morgan fingerprint density at radius 3 is 2.71 bits per heavy atom. The number of hydrogen-bond acceptors (Lipinski definition) is 4. The van der Waals surface area contributed by atoms with Gasteiger partial charge in [-0.2, -0.15) is 0 Å². The average Bonchev–Trinajstić information content (AvgIpc) is 2.63. The molecule has 4 nitrogen and oxygen atoms in total. The lowest BCUT2D eigenvalue weighted by Crippen LogP contribution is -2.37. The van der Waals surface area contributed by atoms with Gasteiger partial charge in [-0.1, -0.05) is 6.92 Å². The van der Waals surface area contributed by atoms with Crippen molar-refractivity contribution in [1.82, 2.24) is 0 Å². The van der Waals surface area contributed by atoms with Crippen LogP contribution in [0, 0.1) is 23.7 Å². The Kier molecular flexibility index (Phi) is 1.82. The van der Waals surface area contributed by atoms with Gasteiger partial charge in [-0.05, 0) is 5.92 Å². The summed E-state index contributed by atoms with van der Waals surface area (Å²) in [6, 6.07) is 0. The van der Waals surface area contributed by atoms with Crippen LogP contribution in [0.25, 0.3) is 0 Å². The second kappa shape index (κ2) is 2.94. The van der Waals surface area contributed by atoms with Crippen LogP contribution in [0.5, 0.6) is 0 Å². The molecule has 3 fully saturated rings. The van der Waals surface area contributed by atoms with Crippen molar-refractivity contribution >= 4 is 6.47 Å². The van der Waals surface area contributed by atoms with Gasteiger partial charge in [0.2, 0.25) is 0 Å². The van der Waals surface area contributed by atoms with E-state index in [1.165, 1.54) is 0 Å². The second-order valence-corrected chi connectivity index (χ2v) is 4.50. The highest BCUT2D eigenvalue weighted by atomic mass is 16.7. The Morgan fingerprint density at radius 2 is 2.00 bits per heavy atom. The van der Waals surface area contributed by atoms with E-state index in [9.17, 15) is 4.79 Å². The van der Waals surface area contributed by atoms with Crippen molar-refractivity contribution < 1.29 is 19.0 Å². The number of ether oxygens (including phenoxy) is 3. The third-order valence-electron chi connectivity index (χ3n) is 4.05. The highest BCUT2D eigenvalue weighted by molar-refractivity contribution is 5.38. The molecule has 2 saturated heterocycles. The monoisotopic (exact) mass is 198 g/mol. The third-order valence-corrected chi connectivity index (χ3v) is 4.05. The van der Waals surface area contributed by atoms with Gasteiger partial charge in [0, 0.05) is 17.8 Å². The van der Waals surface area contributed by atoms with Crippen LogP contribution in [0.1, 0.15) is 6.92 Å². The van der Waals surface area contributed by atoms with Gasteiger partial charge in [-0.3, -0.25) is 4.79 Å². The average molecular weight is 198 g/mol. The van der Waals surface area contributed by atoms with E-state index in [1.807, 2.05) is 0 Å². The van der Waals surface area contributed by atoms with Gasteiger partial charge >= 0.3 is 0 Å². The lowest BCUT2D eigenvalue weighted by atomic mass is 9.88. The summed E-state index contributed by atoms with van der Waals surface area (Å²) < 4.78 is 16.3. The Balaban J connectivity index is 1.91. The first kappa shape index (κ1) is 8.68. The molecule has 0 radical (unpaired) electrons. The minimum absolute atomic E-state index is 0.0139. The minimum Gasteiger partial charge on any atom is -0.464 e. The van der Waals surface area contributed by atoms with Crippen molar-refractivity contribution in [2.45, 2.75) is 19.3 Å². The van der Waals surface area contributed by atoms with Gasteiger partial charge in [0.25, 0.3) is 6.47 Å². The third kappa shape index (κ3) is 0.929. The fourth-order valence-corrected chi connectivity index (χ4v) is 3.36. The zero-order valence-corrected chi connectivity index (χ0v) is 8.09. The number of carbonyl (C=O) groups excluding carboxylic acids is 1. The molecule has 14 heavy (non-hydrogen) atoms. The highest BCUT2D eigenvalue weighted by Gasteiger charge is 2.59. The summed E-state index contributed by atoms with van der Waals surface area (Å²) in [5.41, 5.74) is 0. The Labute approximate surface area is 82.5 Å². The molecule has 0 aromatic heterocycles. The molecule has 3 rings (SSSR count). The molecular formula is C10H14O4. The maximum absolute atomic E-state index is 10.4. The molecule has 5 unspecified atom stereocenters. The molecule has 2 heterocycles. The number of rotatable bonds is 2. The summed E-state index contributed by atoms with van der Waals surface area (Å²) in [4.78, 5) is 10.4. The van der Waals surface area contributed by atoms with E-state index in [0.29, 0.717) is 43.4 Å². The Hall–Kier alpha value is -0.610. The van der Waals surface area contributed by atoms with E-state index in [2.05, 4.69) is 6.92 Å². The normalized spacial score (nSPS) is 54.6. The fraction of sp³-hybridized carbons (Fsp3) is 0.900. The molecule has 3 aliphatic rings. The zero-order valence-electron chi connectivity index (χ0n) is 8.09. The van der Waals surface area contributed by atoms with Gasteiger partial charge in [0.15, 0.2) is 6.29 Å². The van der Waals surface area contributed by atoms with Gasteiger partial charge in [0.05, 0.1) is 13.2 Å². The predicted octanol–water partition coefficient (Wildman–Crippen LogP) is 0.413. The van der Waals surface area contributed by atoms with Gasteiger partial charge in [-0.15, -0.1) is 0 Å². The van der Waals surface area contributed by atoms with Crippen LogP contribution in [-0.4, -0.2) is 32.1 Å². The molecule has 0 amide bonds. The first-order valence-corrected chi connectivity index (χ1v) is 5.15. The minimum atomic E-state index is -0.0495. The molecule has 2 aliphatic heterocycles. The lowest BCUT2D eigenvalue weighted by molar-refractivity contribution is -0.186. The molecule has 6 atom stereocenters. The molecule has 78 valence electrons. The van der Waals surface area contributed by atoms with Gasteiger partial charge in [-0.25, -0.2) is 0 Å². The summed E-state index contributed by atoms with van der Waals surface area (Å²) in [5, 5.41) is 0. The predicted molar refractivity (Wildman–Crippen MR) is 46.3 cm³/mol. The topological polar surface area (TPSA) is 44.8 Å². The van der Waals surface area contributed by atoms with Crippen LogP contribution < -0.4 is 0 Å². The highest BCUT2D eigenvalue weighted by Crippen LogP contribution is 2.52. The quantitative estimate of drug-likeness (QED) is 0.603. The molecule has 2 bridgehead atoms. The largest absolute Gasteiger partial charge is 0.464 e. The van der Waals surface area contributed by atoms with E-state index in [0.717, 1.165) is 0 Å². The van der Waals surface area contributed by atoms with Crippen molar-refractivity contribution in [3.8, 4) is 0 Å². The summed E-state index contributed by atoms with van der Waals surface area (Å²) in [5.74, 6) is 1.70. The molecule has 1 aliphatic carbocycles. The number of hydrogen-bond donors (Lipinski definition) is 0. The SMILES string of the molecule is CC1C2C3OCC2C(OC=O)[C@H]1CO3.